The maximum atomic E-state index is 4.98. The molecule has 0 atom stereocenters. The average molecular weight is 376 g/mol. The van der Waals surface area contributed by atoms with Crippen molar-refractivity contribution < 1.29 is 4.42 Å². The molecule has 3 aromatic rings. The van der Waals surface area contributed by atoms with Crippen molar-refractivity contribution in [2.24, 2.45) is 0 Å². The van der Waals surface area contributed by atoms with E-state index in [-0.39, 0.29) is 16.2 Å². The van der Waals surface area contributed by atoms with Crippen LogP contribution >= 0.6 is 0 Å². The number of rotatable bonds is 0. The molecular weight excluding hydrogens is 342 g/mol. The molecule has 0 aliphatic rings. The summed E-state index contributed by atoms with van der Waals surface area (Å²) in [5.74, 6) is 1.62. The van der Waals surface area contributed by atoms with E-state index < -0.39 is 0 Å². The maximum Gasteiger partial charge on any atom is 0.221 e. The Hall–Kier alpha value is -2.51. The van der Waals surface area contributed by atoms with Gasteiger partial charge in [0.15, 0.2) is 0 Å². The fraction of sp³-hybridized carbons (Fsp3) is 0.632. The van der Waals surface area contributed by atoms with Crippen LogP contribution in [0.15, 0.2) is 29.7 Å². The molecule has 8 nitrogen and oxygen atoms in total. The van der Waals surface area contributed by atoms with E-state index in [4.69, 9.17) is 4.42 Å². The topological polar surface area (TPSA) is 109 Å². The van der Waals surface area contributed by atoms with Gasteiger partial charge in [0.05, 0.1) is 6.33 Å². The van der Waals surface area contributed by atoms with E-state index in [2.05, 4.69) is 76.9 Å². The molecule has 3 rings (SSSR count). The largest absolute Gasteiger partial charge is 0.427 e. The quantitative estimate of drug-likeness (QED) is 0.610. The molecular formula is C19H33N7O. The van der Waals surface area contributed by atoms with Crippen LogP contribution < -0.4 is 0 Å². The van der Waals surface area contributed by atoms with Gasteiger partial charge in [-0.15, -0.1) is 10.2 Å². The van der Waals surface area contributed by atoms with Crippen molar-refractivity contribution in [1.29, 1.82) is 0 Å². The zero-order valence-corrected chi connectivity index (χ0v) is 18.0. The van der Waals surface area contributed by atoms with E-state index in [0.717, 1.165) is 5.82 Å². The van der Waals surface area contributed by atoms with Crippen LogP contribution in [0.4, 0.5) is 0 Å². The van der Waals surface area contributed by atoms with Crippen molar-refractivity contribution in [1.82, 2.24) is 35.3 Å². The van der Waals surface area contributed by atoms with Gasteiger partial charge < -0.3 is 9.40 Å². The lowest BCUT2D eigenvalue weighted by atomic mass is 9.93. The van der Waals surface area contributed by atoms with Gasteiger partial charge in [-0.1, -0.05) is 62.3 Å². The van der Waals surface area contributed by atoms with Crippen molar-refractivity contribution >= 4 is 0 Å². The number of nitrogens with one attached hydrogen (secondary N) is 2. The van der Waals surface area contributed by atoms with Crippen molar-refractivity contribution in [2.45, 2.75) is 78.6 Å². The molecule has 3 aromatic heterocycles. The molecule has 150 valence electrons. The summed E-state index contributed by atoms with van der Waals surface area (Å²) in [6.07, 6.45) is 6.45. The Morgan fingerprint density at radius 2 is 1.56 bits per heavy atom. The lowest BCUT2D eigenvalue weighted by Crippen LogP contribution is -2.13. The molecule has 0 spiro atoms. The van der Waals surface area contributed by atoms with Crippen LogP contribution in [0.5, 0.6) is 0 Å². The monoisotopic (exact) mass is 375 g/mol. The minimum absolute atomic E-state index is 0.0174. The maximum absolute atomic E-state index is 4.98. The number of hydrogen-bond donors (Lipinski definition) is 2. The van der Waals surface area contributed by atoms with Gasteiger partial charge in [0.25, 0.3) is 0 Å². The first-order valence-corrected chi connectivity index (χ1v) is 8.93. The number of aromatic amines is 2. The first kappa shape index (κ1) is 22.5. The van der Waals surface area contributed by atoms with Gasteiger partial charge in [-0.25, -0.2) is 9.97 Å². The smallest absolute Gasteiger partial charge is 0.221 e. The number of imidazole rings is 1. The number of nitrogens with zero attached hydrogens (tertiary/aromatic N) is 5. The zero-order chi connectivity index (χ0) is 20.7. The molecule has 0 fully saturated rings. The fourth-order valence-corrected chi connectivity index (χ4v) is 1.73. The summed E-state index contributed by atoms with van der Waals surface area (Å²) in [5.41, 5.74) is 1.46. The summed E-state index contributed by atoms with van der Waals surface area (Å²) in [6.45, 7) is 18.8. The Labute approximate surface area is 161 Å². The van der Waals surface area contributed by atoms with Gasteiger partial charge in [0.2, 0.25) is 12.3 Å². The van der Waals surface area contributed by atoms with Crippen LogP contribution in [0.2, 0.25) is 0 Å². The highest BCUT2D eigenvalue weighted by Gasteiger charge is 2.18. The van der Waals surface area contributed by atoms with E-state index in [1.54, 1.807) is 6.33 Å². The molecule has 27 heavy (non-hydrogen) atoms. The molecule has 8 heteroatoms. The fourth-order valence-electron chi connectivity index (χ4n) is 1.73. The molecule has 0 radical (unpaired) electrons. The molecule has 0 aromatic carbocycles. The molecule has 0 unspecified atom stereocenters. The van der Waals surface area contributed by atoms with Gasteiger partial charge in [-0.2, -0.15) is 5.10 Å². The number of H-pyrrole nitrogens is 2. The lowest BCUT2D eigenvalue weighted by Gasteiger charge is -2.14. The Kier molecular flexibility index (Phi) is 7.45. The first-order valence-electron chi connectivity index (χ1n) is 8.93. The minimum atomic E-state index is -0.0174. The summed E-state index contributed by atoms with van der Waals surface area (Å²) in [5, 5.41) is 13.9. The Morgan fingerprint density at radius 1 is 0.889 bits per heavy atom. The van der Waals surface area contributed by atoms with Crippen LogP contribution in [-0.2, 0) is 16.2 Å². The van der Waals surface area contributed by atoms with E-state index in [1.807, 2.05) is 27.0 Å². The third kappa shape index (κ3) is 8.15. The molecule has 0 saturated heterocycles. The molecule has 2 N–H and O–H groups in total. The van der Waals surface area contributed by atoms with Crippen LogP contribution in [0.1, 0.15) is 79.7 Å². The highest BCUT2D eigenvalue weighted by molar-refractivity contribution is 5.07. The minimum Gasteiger partial charge on any atom is -0.427 e. The molecule has 0 aliphatic carbocycles. The van der Waals surface area contributed by atoms with Crippen molar-refractivity contribution in [2.75, 3.05) is 0 Å². The molecule has 0 saturated carbocycles. The summed E-state index contributed by atoms with van der Waals surface area (Å²) in [4.78, 5) is 11.0. The summed E-state index contributed by atoms with van der Waals surface area (Å²) < 4.78 is 4.98. The highest BCUT2D eigenvalue weighted by atomic mass is 16.4. The standard InChI is InChI=1S/C7H12N2.C6H11N3.C6H10N2O/c1-7(2,3)6-4-8-5-9-6;1-6(2,3)5-7-4-8-9-5;1-6(2,3)5-8-7-4-9-5/h4-5H,1-3H3,(H,8,9);4H,1-3H3,(H,7,8,9);4H,1-3H3. The van der Waals surface area contributed by atoms with Gasteiger partial charge in [-0.05, 0) is 0 Å². The van der Waals surface area contributed by atoms with Crippen LogP contribution in [0.25, 0.3) is 0 Å². The van der Waals surface area contributed by atoms with Crippen LogP contribution in [-0.4, -0.2) is 35.3 Å². The van der Waals surface area contributed by atoms with Crippen LogP contribution in [0, 0.1) is 0 Å². The average Bonchev–Trinajstić information content (AvgIpc) is 3.28. The summed E-state index contributed by atoms with van der Waals surface area (Å²) in [7, 11) is 0. The third-order valence-corrected chi connectivity index (χ3v) is 3.43. The predicted molar refractivity (Wildman–Crippen MR) is 105 cm³/mol. The predicted octanol–water partition coefficient (Wildman–Crippen LogP) is 4.18. The van der Waals surface area contributed by atoms with Crippen LogP contribution in [0.3, 0.4) is 0 Å². The van der Waals surface area contributed by atoms with Gasteiger partial charge in [0, 0.05) is 28.1 Å². The van der Waals surface area contributed by atoms with E-state index in [9.17, 15) is 0 Å². The highest BCUT2D eigenvalue weighted by Crippen LogP contribution is 2.18. The second-order valence-corrected chi connectivity index (χ2v) is 9.29. The van der Waals surface area contributed by atoms with Crippen molar-refractivity contribution in [3.8, 4) is 0 Å². The molecule has 0 bridgehead atoms. The SMILES string of the molecule is CC(C)(C)c1cnc[nH]1.CC(C)(C)c1ncn[nH]1.CC(C)(C)c1nnco1. The lowest BCUT2D eigenvalue weighted by molar-refractivity contribution is 0.392. The normalized spacial score (nSPS) is 11.9. The molecule has 0 amide bonds. The number of aromatic nitrogens is 7. The van der Waals surface area contributed by atoms with E-state index in [1.165, 1.54) is 18.4 Å². The van der Waals surface area contributed by atoms with E-state index >= 15 is 0 Å². The summed E-state index contributed by atoms with van der Waals surface area (Å²) >= 11 is 0. The van der Waals surface area contributed by atoms with Gasteiger partial charge >= 0.3 is 0 Å². The second-order valence-electron chi connectivity index (χ2n) is 9.29. The third-order valence-electron chi connectivity index (χ3n) is 3.43. The molecule has 0 aliphatic heterocycles. The Morgan fingerprint density at radius 3 is 1.78 bits per heavy atom. The zero-order valence-electron chi connectivity index (χ0n) is 18.0. The first-order chi connectivity index (χ1) is 12.3. The summed E-state index contributed by atoms with van der Waals surface area (Å²) in [6, 6.07) is 0. The second kappa shape index (κ2) is 8.92. The van der Waals surface area contributed by atoms with Gasteiger partial charge in [-0.3, -0.25) is 5.10 Å². The molecule has 3 heterocycles. The number of hydrogen-bond acceptors (Lipinski definition) is 6. The van der Waals surface area contributed by atoms with Crippen molar-refractivity contribution in [3.63, 3.8) is 0 Å². The van der Waals surface area contributed by atoms with Gasteiger partial charge in [0.1, 0.15) is 12.2 Å². The Balaban J connectivity index is 0.000000202. The van der Waals surface area contributed by atoms with E-state index in [0.29, 0.717) is 5.89 Å². The van der Waals surface area contributed by atoms with Crippen molar-refractivity contribution in [3.05, 3.63) is 42.7 Å². The Bertz CT molecular complexity index is 620.